The Kier molecular flexibility index (Phi) is 15.4. The molecule has 0 bridgehead atoms. The van der Waals surface area contributed by atoms with E-state index in [1.165, 1.54) is 31.7 Å². The monoisotopic (exact) mass is 984 g/mol. The van der Waals surface area contributed by atoms with Crippen molar-refractivity contribution in [2.45, 2.75) is 70.7 Å². The van der Waals surface area contributed by atoms with Gasteiger partial charge in [0.05, 0.1) is 58.8 Å². The first-order chi connectivity index (χ1) is 33.7. The molecule has 2 fully saturated rings. The Bertz CT molecular complexity index is 3360. The van der Waals surface area contributed by atoms with Crippen LogP contribution in [0, 0.1) is 0 Å². The lowest BCUT2D eigenvalue weighted by molar-refractivity contribution is -0.156. The van der Waals surface area contributed by atoms with Gasteiger partial charge in [0.2, 0.25) is 5.91 Å². The highest BCUT2D eigenvalue weighted by Crippen LogP contribution is 2.31. The second kappa shape index (κ2) is 21.8. The summed E-state index contributed by atoms with van der Waals surface area (Å²) in [5.74, 6) is -1.20. The molecule has 0 aliphatic carbocycles. The summed E-state index contributed by atoms with van der Waals surface area (Å²) in [4.78, 5) is 77.5. The molecule has 8 aromatic rings. The van der Waals surface area contributed by atoms with Gasteiger partial charge in [0.25, 0.3) is 11.1 Å². The van der Waals surface area contributed by atoms with E-state index in [1.807, 2.05) is 66.7 Å². The van der Waals surface area contributed by atoms with Gasteiger partial charge >= 0.3 is 11.9 Å². The number of rotatable bonds is 6. The molecule has 4 atom stereocenters. The number of aliphatic hydroxyl groups is 2. The van der Waals surface area contributed by atoms with Crippen LogP contribution in [0.25, 0.3) is 43.4 Å². The topological polar surface area (TPSA) is 212 Å². The number of piperidine rings is 2. The molecule has 0 saturated carbocycles. The quantitative estimate of drug-likeness (QED) is 0.0702. The molecular weight excluding hydrogens is 936 g/mol. The van der Waals surface area contributed by atoms with Gasteiger partial charge in [-0.2, -0.15) is 0 Å². The molecule has 4 aromatic carbocycles. The zero-order valence-electron chi connectivity index (χ0n) is 38.6. The van der Waals surface area contributed by atoms with Gasteiger partial charge in [0.1, 0.15) is 10.3 Å². The van der Waals surface area contributed by atoms with Crippen LogP contribution in [-0.4, -0.2) is 100 Å². The molecule has 2 aliphatic rings. The zero-order valence-corrected chi connectivity index (χ0v) is 40.1. The zero-order chi connectivity index (χ0) is 49.6. The summed E-state index contributed by atoms with van der Waals surface area (Å²) in [6.45, 7) is 5.79. The molecule has 4 aromatic heterocycles. The Morgan fingerprint density at radius 1 is 0.643 bits per heavy atom. The van der Waals surface area contributed by atoms with Gasteiger partial charge in [-0.25, -0.2) is 19.9 Å². The molecule has 360 valence electrons. The maximum absolute atomic E-state index is 13.6. The molecular formula is C52H50Cl2N8O8. The normalized spacial score (nSPS) is 17.9. The Morgan fingerprint density at radius 3 is 1.51 bits per heavy atom. The number of carbonyl (C=O) groups is 3. The smallest absolute Gasteiger partial charge is 0.310 e. The number of hydrogen-bond donors (Lipinski definition) is 3. The van der Waals surface area contributed by atoms with Gasteiger partial charge in [0.15, 0.2) is 0 Å². The number of benzene rings is 4. The summed E-state index contributed by atoms with van der Waals surface area (Å²) in [6.07, 6.45) is 7.55. The number of aliphatic hydroxyl groups excluding tert-OH is 2. The lowest BCUT2D eigenvalue weighted by atomic mass is 9.96. The van der Waals surface area contributed by atoms with Crippen molar-refractivity contribution in [3.05, 3.63) is 163 Å². The summed E-state index contributed by atoms with van der Waals surface area (Å²) in [5.41, 5.74) is 5.04. The third-order valence-corrected chi connectivity index (χ3v) is 13.0. The Hall–Kier alpha value is -6.95. The van der Waals surface area contributed by atoms with Crippen LogP contribution in [0.2, 0.25) is 10.3 Å². The molecule has 18 heteroatoms. The van der Waals surface area contributed by atoms with Crippen molar-refractivity contribution in [3.8, 4) is 0 Å². The first-order valence-electron chi connectivity index (χ1n) is 22.7. The standard InChI is InChI=1S/C25H23ClN4O3.C23H21ClN4O2.C4H6O3/c1-15(31)29-9-8-21(22(32)13-29)30-14-28-24-19-5-3-2-4-18(19)17(11-20(24)25(30)33)10-16-6-7-23(26)27-12-16;24-21-6-5-14(11-26-21)9-15-10-18-22(17-4-2-1-3-16(15)17)27-13-28(23(18)30)19-7-8-25-12-20(19)29;1-3(5)7-4(2)6/h2-7,11-12,14,21-22,32H,8-10,13H2,1H3;1-6,10-11,13,19-20,25,29H,7-9,12H2;1-2H3/t21-,22-;19-,20-;/m00./s1. The molecule has 2 saturated heterocycles. The van der Waals surface area contributed by atoms with Gasteiger partial charge in [-0.1, -0.05) is 83.9 Å². The SMILES string of the molecule is CC(=O)N1CC[C@H](n2cnc3c(cc(Cc4ccc(Cl)nc4)c4ccccc43)c2=O)[C@@H](O)C1.CC(=O)OC(C)=O.O=c1c2cc(Cc3ccc(Cl)nc3)c3ccccc3c2ncn1[C@H]1CCNC[C@@H]1O. The molecule has 70 heavy (non-hydrogen) atoms. The van der Waals surface area contributed by atoms with E-state index < -0.39 is 30.2 Å². The van der Waals surface area contributed by atoms with Crippen LogP contribution >= 0.6 is 23.2 Å². The van der Waals surface area contributed by atoms with Crippen LogP contribution in [0.5, 0.6) is 0 Å². The van der Waals surface area contributed by atoms with Crippen molar-refractivity contribution in [3.63, 3.8) is 0 Å². The minimum Gasteiger partial charge on any atom is -0.394 e. The molecule has 3 N–H and O–H groups in total. The summed E-state index contributed by atoms with van der Waals surface area (Å²) in [5, 5.41) is 30.1. The van der Waals surface area contributed by atoms with Crippen molar-refractivity contribution in [2.24, 2.45) is 0 Å². The lowest BCUT2D eigenvalue weighted by Gasteiger charge is -2.36. The molecule has 0 spiro atoms. The number of nitrogens with one attached hydrogen (secondary N) is 1. The predicted molar refractivity (Wildman–Crippen MR) is 268 cm³/mol. The number of pyridine rings is 2. The number of esters is 2. The lowest BCUT2D eigenvalue weighted by Crippen LogP contribution is -2.48. The number of aromatic nitrogens is 6. The van der Waals surface area contributed by atoms with Gasteiger partial charge in [-0.15, -0.1) is 0 Å². The van der Waals surface area contributed by atoms with Crippen LogP contribution in [0.15, 0.2) is 120 Å². The number of halogens is 2. The van der Waals surface area contributed by atoms with Crippen LogP contribution in [0.4, 0.5) is 0 Å². The largest absolute Gasteiger partial charge is 0.394 e. The van der Waals surface area contributed by atoms with Crippen LogP contribution in [0.1, 0.15) is 68.0 Å². The number of amides is 1. The maximum atomic E-state index is 13.6. The minimum atomic E-state index is -0.834. The number of carbonyl (C=O) groups excluding carboxylic acids is 3. The van der Waals surface area contributed by atoms with E-state index in [0.717, 1.165) is 50.3 Å². The van der Waals surface area contributed by atoms with Gasteiger partial charge in [-0.3, -0.25) is 33.1 Å². The maximum Gasteiger partial charge on any atom is 0.310 e. The molecule has 0 radical (unpaired) electrons. The molecule has 16 nitrogen and oxygen atoms in total. The van der Waals surface area contributed by atoms with E-state index in [9.17, 15) is 34.2 Å². The van der Waals surface area contributed by atoms with E-state index >= 15 is 0 Å². The van der Waals surface area contributed by atoms with Crippen molar-refractivity contribution >= 4 is 84.4 Å². The van der Waals surface area contributed by atoms with Crippen LogP contribution < -0.4 is 16.4 Å². The number of hydrogen-bond acceptors (Lipinski definition) is 13. The number of ether oxygens (including phenoxy) is 1. The number of likely N-dealkylation sites (tertiary alicyclic amines) is 1. The van der Waals surface area contributed by atoms with Gasteiger partial charge < -0.3 is 25.2 Å². The highest BCUT2D eigenvalue weighted by atomic mass is 35.5. The average molecular weight is 986 g/mol. The first-order valence-corrected chi connectivity index (χ1v) is 23.5. The van der Waals surface area contributed by atoms with E-state index in [1.54, 1.807) is 40.3 Å². The molecule has 1 amide bonds. The fourth-order valence-electron chi connectivity index (χ4n) is 9.21. The summed E-state index contributed by atoms with van der Waals surface area (Å²) in [7, 11) is 0. The molecule has 2 aliphatic heterocycles. The Morgan fingerprint density at radius 2 is 1.11 bits per heavy atom. The van der Waals surface area contributed by atoms with Gasteiger partial charge in [-0.05, 0) is 89.5 Å². The van der Waals surface area contributed by atoms with Crippen LogP contribution in [0.3, 0.4) is 0 Å². The van der Waals surface area contributed by atoms with Crippen molar-refractivity contribution in [1.29, 1.82) is 0 Å². The fourth-order valence-corrected chi connectivity index (χ4v) is 9.43. The highest BCUT2D eigenvalue weighted by Gasteiger charge is 2.31. The number of fused-ring (bicyclic) bond motifs is 6. The minimum absolute atomic E-state index is 0.0794. The molecule has 6 heterocycles. The summed E-state index contributed by atoms with van der Waals surface area (Å²) >= 11 is 11.9. The third kappa shape index (κ3) is 11.1. The van der Waals surface area contributed by atoms with Crippen molar-refractivity contribution < 1.29 is 29.3 Å². The second-order valence-corrected chi connectivity index (χ2v) is 18.1. The van der Waals surface area contributed by atoms with E-state index in [2.05, 4.69) is 36.1 Å². The number of nitrogens with zero attached hydrogens (tertiary/aromatic N) is 7. The predicted octanol–water partition coefficient (Wildman–Crippen LogP) is 6.52. The molecule has 0 unspecified atom stereocenters. The average Bonchev–Trinajstić information content (AvgIpc) is 3.34. The molecule has 10 rings (SSSR count). The second-order valence-electron chi connectivity index (χ2n) is 17.3. The fraction of sp³-hybridized carbons (Fsp3) is 0.288. The highest BCUT2D eigenvalue weighted by molar-refractivity contribution is 6.29. The van der Waals surface area contributed by atoms with Crippen LogP contribution in [-0.2, 0) is 32.0 Å². The van der Waals surface area contributed by atoms with E-state index in [4.69, 9.17) is 23.2 Å². The van der Waals surface area contributed by atoms with E-state index in [-0.39, 0.29) is 29.6 Å². The summed E-state index contributed by atoms with van der Waals surface area (Å²) in [6, 6.07) is 26.4. The van der Waals surface area contributed by atoms with Gasteiger partial charge in [0, 0.05) is 63.6 Å². The first kappa shape index (κ1) is 49.5. The van der Waals surface area contributed by atoms with Crippen molar-refractivity contribution in [1.82, 2.24) is 39.3 Å². The number of β-amino-alcohol motifs (C(OH)–C–C–N with tert-alkyl or cyclic N) is 2. The van der Waals surface area contributed by atoms with Crippen molar-refractivity contribution in [2.75, 3.05) is 26.2 Å². The Balaban J connectivity index is 0.000000166. The summed E-state index contributed by atoms with van der Waals surface area (Å²) < 4.78 is 7.09. The third-order valence-electron chi connectivity index (χ3n) is 12.5. The van der Waals surface area contributed by atoms with E-state index in [0.29, 0.717) is 70.9 Å². The Labute approximate surface area is 411 Å².